The van der Waals surface area contributed by atoms with Crippen LogP contribution >= 0.6 is 27.3 Å². The first kappa shape index (κ1) is 13.3. The van der Waals surface area contributed by atoms with Crippen LogP contribution in [0.2, 0.25) is 0 Å². The standard InChI is InChI=1S/C12H14BrN3OS/c1-3-10-8(7-16(2)15-10)6-14-12(17)11-9(13)4-5-18-11/h4-5,7H,3,6H2,1-2H3,(H,14,17). The Kier molecular flexibility index (Phi) is 4.19. The summed E-state index contributed by atoms with van der Waals surface area (Å²) in [6.07, 6.45) is 2.82. The molecule has 0 spiro atoms. The van der Waals surface area contributed by atoms with E-state index in [0.717, 1.165) is 22.2 Å². The third-order valence-corrected chi connectivity index (χ3v) is 4.43. The van der Waals surface area contributed by atoms with Gasteiger partial charge in [0, 0.05) is 29.8 Å². The van der Waals surface area contributed by atoms with Crippen molar-refractivity contribution in [1.82, 2.24) is 15.1 Å². The molecule has 0 aliphatic rings. The van der Waals surface area contributed by atoms with Crippen LogP contribution in [-0.4, -0.2) is 15.7 Å². The Labute approximate surface area is 118 Å². The van der Waals surface area contributed by atoms with Gasteiger partial charge in [-0.25, -0.2) is 0 Å². The second-order valence-corrected chi connectivity index (χ2v) is 5.68. The van der Waals surface area contributed by atoms with Crippen LogP contribution < -0.4 is 5.32 Å². The number of rotatable bonds is 4. The van der Waals surface area contributed by atoms with Crippen molar-refractivity contribution in [2.24, 2.45) is 7.05 Å². The van der Waals surface area contributed by atoms with Gasteiger partial charge in [0.25, 0.3) is 5.91 Å². The van der Waals surface area contributed by atoms with Gasteiger partial charge in [-0.3, -0.25) is 9.48 Å². The highest BCUT2D eigenvalue weighted by Crippen LogP contribution is 2.22. The first-order valence-electron chi connectivity index (χ1n) is 5.64. The zero-order valence-electron chi connectivity index (χ0n) is 10.2. The predicted molar refractivity (Wildman–Crippen MR) is 75.8 cm³/mol. The Bertz CT molecular complexity index is 561. The second kappa shape index (κ2) is 5.67. The fourth-order valence-corrected chi connectivity index (χ4v) is 3.21. The molecule has 1 amide bonds. The van der Waals surface area contributed by atoms with E-state index in [1.807, 2.05) is 24.7 Å². The van der Waals surface area contributed by atoms with Gasteiger partial charge in [-0.1, -0.05) is 6.92 Å². The number of aryl methyl sites for hydroxylation is 2. The molecule has 2 aromatic heterocycles. The summed E-state index contributed by atoms with van der Waals surface area (Å²) in [5, 5.41) is 9.15. The van der Waals surface area contributed by atoms with E-state index in [0.29, 0.717) is 11.4 Å². The fraction of sp³-hybridized carbons (Fsp3) is 0.333. The minimum atomic E-state index is -0.0530. The van der Waals surface area contributed by atoms with E-state index < -0.39 is 0 Å². The lowest BCUT2D eigenvalue weighted by atomic mass is 10.2. The van der Waals surface area contributed by atoms with Crippen molar-refractivity contribution in [1.29, 1.82) is 0 Å². The largest absolute Gasteiger partial charge is 0.347 e. The minimum absolute atomic E-state index is 0.0530. The van der Waals surface area contributed by atoms with E-state index in [4.69, 9.17) is 0 Å². The number of nitrogens with one attached hydrogen (secondary N) is 1. The van der Waals surface area contributed by atoms with Crippen molar-refractivity contribution in [3.05, 3.63) is 38.3 Å². The molecular formula is C12H14BrN3OS. The first-order valence-corrected chi connectivity index (χ1v) is 7.31. The monoisotopic (exact) mass is 327 g/mol. The summed E-state index contributed by atoms with van der Waals surface area (Å²) in [7, 11) is 1.89. The minimum Gasteiger partial charge on any atom is -0.347 e. The van der Waals surface area contributed by atoms with Gasteiger partial charge in [-0.15, -0.1) is 11.3 Å². The molecule has 1 N–H and O–H groups in total. The average Bonchev–Trinajstić information content (AvgIpc) is 2.92. The Morgan fingerprint density at radius 2 is 2.39 bits per heavy atom. The SMILES string of the molecule is CCc1nn(C)cc1CNC(=O)c1sccc1Br. The normalized spacial score (nSPS) is 10.6. The summed E-state index contributed by atoms with van der Waals surface area (Å²) in [5.41, 5.74) is 2.10. The second-order valence-electron chi connectivity index (χ2n) is 3.91. The van der Waals surface area contributed by atoms with Crippen LogP contribution in [0.5, 0.6) is 0 Å². The summed E-state index contributed by atoms with van der Waals surface area (Å²) in [4.78, 5) is 12.7. The maximum absolute atomic E-state index is 11.9. The van der Waals surface area contributed by atoms with Crippen LogP contribution in [-0.2, 0) is 20.0 Å². The molecule has 0 fully saturated rings. The van der Waals surface area contributed by atoms with Crippen LogP contribution in [0.4, 0.5) is 0 Å². The van der Waals surface area contributed by atoms with Crippen molar-refractivity contribution >= 4 is 33.2 Å². The molecule has 0 bridgehead atoms. The Hall–Kier alpha value is -1.14. The number of halogens is 1. The van der Waals surface area contributed by atoms with E-state index in [2.05, 4.69) is 33.3 Å². The molecule has 0 saturated carbocycles. The Morgan fingerprint density at radius 3 is 3.00 bits per heavy atom. The number of nitrogens with zero attached hydrogens (tertiary/aromatic N) is 2. The quantitative estimate of drug-likeness (QED) is 0.938. The van der Waals surface area contributed by atoms with Gasteiger partial charge in [0.05, 0.1) is 5.69 Å². The van der Waals surface area contributed by atoms with Crippen molar-refractivity contribution < 1.29 is 4.79 Å². The number of carbonyl (C=O) groups is 1. The molecule has 2 rings (SSSR count). The van der Waals surface area contributed by atoms with E-state index in [9.17, 15) is 4.79 Å². The molecule has 0 aromatic carbocycles. The summed E-state index contributed by atoms with van der Waals surface area (Å²) in [6.45, 7) is 2.57. The zero-order chi connectivity index (χ0) is 13.1. The Morgan fingerprint density at radius 1 is 1.61 bits per heavy atom. The number of aromatic nitrogens is 2. The zero-order valence-corrected chi connectivity index (χ0v) is 12.6. The van der Waals surface area contributed by atoms with Crippen molar-refractivity contribution in [2.45, 2.75) is 19.9 Å². The van der Waals surface area contributed by atoms with E-state index in [1.54, 1.807) is 4.68 Å². The van der Waals surface area contributed by atoms with Gasteiger partial charge < -0.3 is 5.32 Å². The molecule has 0 saturated heterocycles. The molecular weight excluding hydrogens is 314 g/mol. The summed E-state index contributed by atoms with van der Waals surface area (Å²) in [6, 6.07) is 1.88. The fourth-order valence-electron chi connectivity index (χ4n) is 1.74. The Balaban J connectivity index is 2.03. The highest BCUT2D eigenvalue weighted by Gasteiger charge is 2.12. The molecule has 0 aliphatic carbocycles. The van der Waals surface area contributed by atoms with Gasteiger partial charge in [0.15, 0.2) is 0 Å². The smallest absolute Gasteiger partial charge is 0.262 e. The number of thiophene rings is 1. The lowest BCUT2D eigenvalue weighted by Crippen LogP contribution is -2.22. The number of carbonyl (C=O) groups excluding carboxylic acids is 1. The third kappa shape index (κ3) is 2.81. The van der Waals surface area contributed by atoms with Gasteiger partial charge >= 0.3 is 0 Å². The molecule has 0 aliphatic heterocycles. The molecule has 96 valence electrons. The number of amides is 1. The van der Waals surface area contributed by atoms with Gasteiger partial charge in [0.2, 0.25) is 0 Å². The topological polar surface area (TPSA) is 46.9 Å². The molecule has 2 aromatic rings. The molecule has 6 heteroatoms. The number of hydrogen-bond acceptors (Lipinski definition) is 3. The lowest BCUT2D eigenvalue weighted by molar-refractivity contribution is 0.0954. The lowest BCUT2D eigenvalue weighted by Gasteiger charge is -2.03. The van der Waals surface area contributed by atoms with Crippen molar-refractivity contribution in [2.75, 3.05) is 0 Å². The summed E-state index contributed by atoms with van der Waals surface area (Å²) in [5.74, 6) is -0.0530. The average molecular weight is 328 g/mol. The van der Waals surface area contributed by atoms with Crippen LogP contribution in [0.15, 0.2) is 22.1 Å². The molecule has 0 unspecified atom stereocenters. The maximum Gasteiger partial charge on any atom is 0.262 e. The van der Waals surface area contributed by atoms with Gasteiger partial charge in [-0.2, -0.15) is 5.10 Å². The molecule has 0 radical (unpaired) electrons. The van der Waals surface area contributed by atoms with Crippen LogP contribution in [0.3, 0.4) is 0 Å². The van der Waals surface area contributed by atoms with Crippen LogP contribution in [0.25, 0.3) is 0 Å². The van der Waals surface area contributed by atoms with Crippen LogP contribution in [0, 0.1) is 0 Å². The van der Waals surface area contributed by atoms with Crippen LogP contribution in [0.1, 0.15) is 27.9 Å². The third-order valence-electron chi connectivity index (χ3n) is 2.59. The molecule has 18 heavy (non-hydrogen) atoms. The van der Waals surface area contributed by atoms with Crippen molar-refractivity contribution in [3.63, 3.8) is 0 Å². The highest BCUT2D eigenvalue weighted by atomic mass is 79.9. The molecule has 2 heterocycles. The molecule has 4 nitrogen and oxygen atoms in total. The van der Waals surface area contributed by atoms with E-state index in [-0.39, 0.29) is 5.91 Å². The number of hydrogen-bond donors (Lipinski definition) is 1. The van der Waals surface area contributed by atoms with Gasteiger partial charge in [0.1, 0.15) is 4.88 Å². The highest BCUT2D eigenvalue weighted by molar-refractivity contribution is 9.10. The molecule has 0 atom stereocenters. The summed E-state index contributed by atoms with van der Waals surface area (Å²) < 4.78 is 2.62. The van der Waals surface area contributed by atoms with E-state index in [1.165, 1.54) is 11.3 Å². The summed E-state index contributed by atoms with van der Waals surface area (Å²) >= 11 is 4.79. The van der Waals surface area contributed by atoms with E-state index >= 15 is 0 Å². The van der Waals surface area contributed by atoms with Gasteiger partial charge in [-0.05, 0) is 33.8 Å². The maximum atomic E-state index is 11.9. The predicted octanol–water partition coefficient (Wildman–Crippen LogP) is 2.74. The first-order chi connectivity index (χ1) is 8.61. The van der Waals surface area contributed by atoms with Crippen molar-refractivity contribution in [3.8, 4) is 0 Å².